The summed E-state index contributed by atoms with van der Waals surface area (Å²) < 4.78 is 5.44. The van der Waals surface area contributed by atoms with Crippen LogP contribution in [0.1, 0.15) is 296 Å². The number of aliphatic hydroxyl groups is 2. The zero-order chi connectivity index (χ0) is 43.7. The van der Waals surface area contributed by atoms with Crippen molar-refractivity contribution in [3.63, 3.8) is 0 Å². The van der Waals surface area contributed by atoms with Gasteiger partial charge in [0.2, 0.25) is 5.91 Å². The number of esters is 1. The van der Waals surface area contributed by atoms with Gasteiger partial charge in [0, 0.05) is 12.8 Å². The lowest BCUT2D eigenvalue weighted by atomic mass is 10.0. The van der Waals surface area contributed by atoms with E-state index in [0.717, 1.165) is 77.0 Å². The van der Waals surface area contributed by atoms with Gasteiger partial charge in [-0.1, -0.05) is 244 Å². The molecule has 0 aliphatic heterocycles. The molecule has 60 heavy (non-hydrogen) atoms. The first-order valence-electron chi connectivity index (χ1n) is 26.9. The SMILES string of the molecule is CCCCCCCCCCCCCCCCCCCC(O)C(CO)NC(=O)CCCCCC/C=C\CCCCOC(=O)CCCCCCCCCCCCCCCCCC. The summed E-state index contributed by atoms with van der Waals surface area (Å²) in [7, 11) is 0. The Hall–Kier alpha value is -1.40. The molecule has 356 valence electrons. The lowest BCUT2D eigenvalue weighted by Gasteiger charge is -2.22. The van der Waals surface area contributed by atoms with Crippen LogP contribution in [0.15, 0.2) is 12.2 Å². The van der Waals surface area contributed by atoms with Crippen molar-refractivity contribution >= 4 is 11.9 Å². The number of hydrogen-bond acceptors (Lipinski definition) is 5. The third-order valence-corrected chi connectivity index (χ3v) is 12.6. The van der Waals surface area contributed by atoms with Gasteiger partial charge in [0.05, 0.1) is 25.4 Å². The minimum atomic E-state index is -0.685. The van der Waals surface area contributed by atoms with Crippen LogP contribution in [0.2, 0.25) is 0 Å². The number of rotatable bonds is 50. The van der Waals surface area contributed by atoms with Crippen LogP contribution in [0.5, 0.6) is 0 Å². The van der Waals surface area contributed by atoms with Crippen molar-refractivity contribution < 1.29 is 24.5 Å². The number of carbonyl (C=O) groups is 2. The van der Waals surface area contributed by atoms with Crippen LogP contribution >= 0.6 is 0 Å². The molecule has 0 fully saturated rings. The van der Waals surface area contributed by atoms with Crippen LogP contribution in [0.25, 0.3) is 0 Å². The highest BCUT2D eigenvalue weighted by Crippen LogP contribution is 2.17. The Morgan fingerprint density at radius 3 is 1.18 bits per heavy atom. The molecule has 3 N–H and O–H groups in total. The summed E-state index contributed by atoms with van der Waals surface area (Å²) in [6.45, 7) is 4.88. The Bertz CT molecular complexity index is 893. The quantitative estimate of drug-likeness (QED) is 0.0322. The maximum Gasteiger partial charge on any atom is 0.305 e. The molecule has 0 aromatic rings. The minimum Gasteiger partial charge on any atom is -0.466 e. The van der Waals surface area contributed by atoms with Crippen LogP contribution in [-0.2, 0) is 14.3 Å². The number of hydrogen-bond donors (Lipinski definition) is 3. The summed E-state index contributed by atoms with van der Waals surface area (Å²) in [6.07, 6.45) is 57.6. The number of amides is 1. The highest BCUT2D eigenvalue weighted by Gasteiger charge is 2.20. The molecule has 2 unspecified atom stereocenters. The second-order valence-corrected chi connectivity index (χ2v) is 18.6. The van der Waals surface area contributed by atoms with Crippen molar-refractivity contribution in [1.29, 1.82) is 0 Å². The molecule has 6 heteroatoms. The molecule has 0 rings (SSSR count). The van der Waals surface area contributed by atoms with E-state index in [4.69, 9.17) is 4.74 Å². The largest absolute Gasteiger partial charge is 0.466 e. The molecule has 0 spiro atoms. The first-order chi connectivity index (χ1) is 29.5. The molecule has 0 radical (unpaired) electrons. The zero-order valence-electron chi connectivity index (χ0n) is 40.5. The van der Waals surface area contributed by atoms with Gasteiger partial charge in [-0.25, -0.2) is 0 Å². The van der Waals surface area contributed by atoms with E-state index >= 15 is 0 Å². The number of nitrogens with one attached hydrogen (secondary N) is 1. The van der Waals surface area contributed by atoms with Gasteiger partial charge in [-0.3, -0.25) is 9.59 Å². The molecule has 0 bridgehead atoms. The molecule has 2 atom stereocenters. The number of ether oxygens (including phenoxy) is 1. The number of allylic oxidation sites excluding steroid dienone is 2. The van der Waals surface area contributed by atoms with Crippen molar-refractivity contribution in [3.8, 4) is 0 Å². The molecule has 1 amide bonds. The Morgan fingerprint density at radius 2 is 0.783 bits per heavy atom. The van der Waals surface area contributed by atoms with Gasteiger partial charge >= 0.3 is 5.97 Å². The number of unbranched alkanes of at least 4 members (excludes halogenated alkanes) is 37. The number of carbonyl (C=O) groups excluding carboxylic acids is 2. The summed E-state index contributed by atoms with van der Waals surface area (Å²) in [5.74, 6) is -0.101. The summed E-state index contributed by atoms with van der Waals surface area (Å²) in [5.41, 5.74) is 0. The zero-order valence-corrected chi connectivity index (χ0v) is 40.5. The van der Waals surface area contributed by atoms with Gasteiger partial charge < -0.3 is 20.3 Å². The summed E-state index contributed by atoms with van der Waals surface area (Å²) in [5, 5.41) is 23.2. The van der Waals surface area contributed by atoms with E-state index < -0.39 is 12.1 Å². The third-order valence-electron chi connectivity index (χ3n) is 12.6. The third kappa shape index (κ3) is 46.1. The van der Waals surface area contributed by atoms with Crippen LogP contribution < -0.4 is 5.32 Å². The summed E-state index contributed by atoms with van der Waals surface area (Å²) in [6, 6.07) is -0.565. The fourth-order valence-corrected chi connectivity index (χ4v) is 8.40. The molecule has 0 aromatic heterocycles. The average molecular weight is 848 g/mol. The molecule has 0 heterocycles. The fourth-order valence-electron chi connectivity index (χ4n) is 8.40. The molecule has 0 aliphatic rings. The predicted molar refractivity (Wildman–Crippen MR) is 260 cm³/mol. The highest BCUT2D eigenvalue weighted by molar-refractivity contribution is 5.76. The Labute approximate surface area is 374 Å². The Balaban J connectivity index is 3.50. The molecule has 0 aromatic carbocycles. The van der Waals surface area contributed by atoms with Gasteiger partial charge in [-0.15, -0.1) is 0 Å². The van der Waals surface area contributed by atoms with Gasteiger partial charge in [-0.2, -0.15) is 0 Å². The van der Waals surface area contributed by atoms with E-state index in [9.17, 15) is 19.8 Å². The topological polar surface area (TPSA) is 95.9 Å². The average Bonchev–Trinajstić information content (AvgIpc) is 3.25. The lowest BCUT2D eigenvalue weighted by molar-refractivity contribution is -0.143. The van der Waals surface area contributed by atoms with E-state index in [-0.39, 0.29) is 18.5 Å². The highest BCUT2D eigenvalue weighted by atomic mass is 16.5. The van der Waals surface area contributed by atoms with Crippen molar-refractivity contribution in [1.82, 2.24) is 5.32 Å². The first-order valence-corrected chi connectivity index (χ1v) is 26.9. The Kier molecular flexibility index (Phi) is 49.1. The summed E-state index contributed by atoms with van der Waals surface area (Å²) in [4.78, 5) is 24.5. The number of aliphatic hydroxyl groups excluding tert-OH is 2. The van der Waals surface area contributed by atoms with Gasteiger partial charge in [0.25, 0.3) is 0 Å². The van der Waals surface area contributed by atoms with Gasteiger partial charge in [0.1, 0.15) is 0 Å². The van der Waals surface area contributed by atoms with Gasteiger partial charge in [0.15, 0.2) is 0 Å². The van der Waals surface area contributed by atoms with E-state index in [1.54, 1.807) is 0 Å². The summed E-state index contributed by atoms with van der Waals surface area (Å²) >= 11 is 0. The molecule has 6 nitrogen and oxygen atoms in total. The molecule has 0 aliphatic carbocycles. The van der Waals surface area contributed by atoms with Crippen LogP contribution in [0.4, 0.5) is 0 Å². The smallest absolute Gasteiger partial charge is 0.305 e. The van der Waals surface area contributed by atoms with E-state index in [2.05, 4.69) is 31.3 Å². The van der Waals surface area contributed by atoms with E-state index in [0.29, 0.717) is 25.9 Å². The molecular weight excluding hydrogens is 743 g/mol. The maximum absolute atomic E-state index is 12.5. The second kappa shape index (κ2) is 50.2. The van der Waals surface area contributed by atoms with E-state index in [1.807, 2.05) is 0 Å². The van der Waals surface area contributed by atoms with Crippen LogP contribution in [0.3, 0.4) is 0 Å². The lowest BCUT2D eigenvalue weighted by Crippen LogP contribution is -2.45. The fraction of sp³-hybridized carbons (Fsp3) is 0.926. The first kappa shape index (κ1) is 58.6. The standard InChI is InChI=1S/C54H105NO5/c1-3-5-7-9-11-13-15-17-19-21-22-24-26-30-34-38-42-46-52(57)51(50-56)55-53(58)47-43-39-35-31-28-29-33-37-41-45-49-60-54(59)48-44-40-36-32-27-25-23-20-18-16-14-12-10-8-6-4-2/h29,33,51-52,56-57H,3-28,30-32,34-50H2,1-2H3,(H,55,58)/b33-29-. The maximum atomic E-state index is 12.5. The van der Waals surface area contributed by atoms with Crippen LogP contribution in [-0.4, -0.2) is 47.4 Å². The van der Waals surface area contributed by atoms with Crippen molar-refractivity contribution in [2.45, 2.75) is 309 Å². The second-order valence-electron chi connectivity index (χ2n) is 18.6. The van der Waals surface area contributed by atoms with Crippen molar-refractivity contribution in [2.75, 3.05) is 13.2 Å². The minimum absolute atomic E-state index is 0.0323. The normalized spacial score (nSPS) is 12.7. The van der Waals surface area contributed by atoms with E-state index in [1.165, 1.54) is 186 Å². The molecule has 0 saturated heterocycles. The molecule has 0 saturated carbocycles. The van der Waals surface area contributed by atoms with Gasteiger partial charge in [-0.05, 0) is 51.4 Å². The van der Waals surface area contributed by atoms with Crippen LogP contribution in [0, 0.1) is 0 Å². The van der Waals surface area contributed by atoms with Crippen molar-refractivity contribution in [3.05, 3.63) is 12.2 Å². The monoisotopic (exact) mass is 848 g/mol. The van der Waals surface area contributed by atoms with Crippen molar-refractivity contribution in [2.24, 2.45) is 0 Å². The Morgan fingerprint density at radius 1 is 0.450 bits per heavy atom. The predicted octanol–water partition coefficient (Wildman–Crippen LogP) is 16.1. The molecular formula is C54H105NO5.